The summed E-state index contributed by atoms with van der Waals surface area (Å²) in [7, 11) is 0. The molecule has 2 aromatic carbocycles. The molecule has 1 aromatic heterocycles. The van der Waals surface area contributed by atoms with Gasteiger partial charge in [0.05, 0.1) is 23.7 Å². The molecule has 7 nitrogen and oxygen atoms in total. The molecule has 0 radical (unpaired) electrons. The summed E-state index contributed by atoms with van der Waals surface area (Å²) in [6.07, 6.45) is 1.39. The monoisotopic (exact) mass is 365 g/mol. The summed E-state index contributed by atoms with van der Waals surface area (Å²) in [5.41, 5.74) is 1.35. The zero-order valence-electron chi connectivity index (χ0n) is 14.6. The molecular weight excluding hydrogens is 346 g/mol. The smallest absolute Gasteiger partial charge is 0.308 e. The molecule has 0 atom stereocenters. The predicted octanol–water partition coefficient (Wildman–Crippen LogP) is 1.65. The van der Waals surface area contributed by atoms with E-state index in [2.05, 4.69) is 10.3 Å². The molecule has 1 amide bonds. The molecule has 3 rings (SSSR count). The molecule has 1 heterocycles. The Morgan fingerprint density at radius 1 is 1.04 bits per heavy atom. The lowest BCUT2D eigenvalue weighted by molar-refractivity contribution is -0.148. The van der Waals surface area contributed by atoms with E-state index in [-0.39, 0.29) is 31.0 Å². The Kier molecular flexibility index (Phi) is 5.94. The summed E-state index contributed by atoms with van der Waals surface area (Å²) in [6.45, 7) is 0.160. The highest BCUT2D eigenvalue weighted by atomic mass is 16.5. The minimum atomic E-state index is -0.551. The fraction of sp³-hybridized carbons (Fsp3) is 0.200. The van der Waals surface area contributed by atoms with Crippen molar-refractivity contribution in [3.05, 3.63) is 76.8 Å². The van der Waals surface area contributed by atoms with Crippen LogP contribution in [0, 0.1) is 0 Å². The van der Waals surface area contributed by atoms with Gasteiger partial charge in [0, 0.05) is 13.1 Å². The van der Waals surface area contributed by atoms with Crippen molar-refractivity contribution < 1.29 is 14.3 Å². The lowest BCUT2D eigenvalue weighted by Gasteiger charge is -2.08. The van der Waals surface area contributed by atoms with Crippen LogP contribution >= 0.6 is 0 Å². The number of aryl methyl sites for hydroxylation is 1. The third kappa shape index (κ3) is 5.01. The molecule has 0 saturated carbocycles. The molecule has 3 aromatic rings. The van der Waals surface area contributed by atoms with E-state index in [0.717, 1.165) is 5.56 Å². The number of esters is 1. The lowest BCUT2D eigenvalue weighted by Crippen LogP contribution is -2.29. The van der Waals surface area contributed by atoms with Gasteiger partial charge in [-0.15, -0.1) is 0 Å². The van der Waals surface area contributed by atoms with E-state index in [1.165, 1.54) is 10.9 Å². The molecule has 0 aliphatic rings. The number of para-hydroxylation sites is 1. The number of amides is 1. The SMILES string of the molecule is O=C(COC(=O)CCn1cnc2ccccc2c1=O)NCc1ccccc1. The zero-order chi connectivity index (χ0) is 19.1. The maximum Gasteiger partial charge on any atom is 0.308 e. The Bertz CT molecular complexity index is 999. The third-order valence-electron chi connectivity index (χ3n) is 3.99. The molecule has 1 N–H and O–H groups in total. The van der Waals surface area contributed by atoms with Gasteiger partial charge in [0.25, 0.3) is 11.5 Å². The fourth-order valence-corrected chi connectivity index (χ4v) is 2.54. The Morgan fingerprint density at radius 3 is 2.59 bits per heavy atom. The van der Waals surface area contributed by atoms with Gasteiger partial charge in [0.15, 0.2) is 6.61 Å². The van der Waals surface area contributed by atoms with Crippen molar-refractivity contribution in [3.8, 4) is 0 Å². The fourth-order valence-electron chi connectivity index (χ4n) is 2.54. The highest BCUT2D eigenvalue weighted by Gasteiger charge is 2.09. The van der Waals surface area contributed by atoms with Crippen LogP contribution in [-0.2, 0) is 27.4 Å². The second-order valence-electron chi connectivity index (χ2n) is 5.93. The second-order valence-corrected chi connectivity index (χ2v) is 5.93. The Hall–Kier alpha value is -3.48. The largest absolute Gasteiger partial charge is 0.456 e. The number of hydrogen-bond donors (Lipinski definition) is 1. The number of nitrogens with one attached hydrogen (secondary N) is 1. The standard InChI is InChI=1S/C20H19N3O4/c24-18(21-12-15-6-2-1-3-7-15)13-27-19(25)10-11-23-14-22-17-9-5-4-8-16(17)20(23)26/h1-9,14H,10-13H2,(H,21,24). The van der Waals surface area contributed by atoms with Crippen LogP contribution in [0.1, 0.15) is 12.0 Å². The van der Waals surface area contributed by atoms with E-state index in [1.54, 1.807) is 24.3 Å². The molecule has 0 bridgehead atoms. The van der Waals surface area contributed by atoms with E-state index >= 15 is 0 Å². The van der Waals surface area contributed by atoms with E-state index in [1.807, 2.05) is 30.3 Å². The van der Waals surface area contributed by atoms with E-state index < -0.39 is 5.97 Å². The van der Waals surface area contributed by atoms with Crippen molar-refractivity contribution >= 4 is 22.8 Å². The first-order valence-electron chi connectivity index (χ1n) is 8.54. The normalized spacial score (nSPS) is 10.5. The Morgan fingerprint density at radius 2 is 1.78 bits per heavy atom. The summed E-state index contributed by atoms with van der Waals surface area (Å²) in [4.78, 5) is 40.1. The summed E-state index contributed by atoms with van der Waals surface area (Å²) in [5.74, 6) is -0.929. The minimum absolute atomic E-state index is 0.0219. The maximum absolute atomic E-state index is 12.3. The molecule has 0 spiro atoms. The van der Waals surface area contributed by atoms with Crippen LogP contribution in [0.15, 0.2) is 65.7 Å². The van der Waals surface area contributed by atoms with Crippen LogP contribution in [0.5, 0.6) is 0 Å². The first-order chi connectivity index (χ1) is 13.1. The summed E-state index contributed by atoms with van der Waals surface area (Å²) < 4.78 is 6.31. The minimum Gasteiger partial charge on any atom is -0.456 e. The lowest BCUT2D eigenvalue weighted by atomic mass is 10.2. The van der Waals surface area contributed by atoms with Crippen molar-refractivity contribution in [1.82, 2.24) is 14.9 Å². The summed E-state index contributed by atoms with van der Waals surface area (Å²) in [5, 5.41) is 3.17. The number of carbonyl (C=O) groups excluding carboxylic acids is 2. The highest BCUT2D eigenvalue weighted by molar-refractivity contribution is 5.80. The second kappa shape index (κ2) is 8.75. The number of benzene rings is 2. The molecule has 0 saturated heterocycles. The van der Waals surface area contributed by atoms with Gasteiger partial charge in [-0.1, -0.05) is 42.5 Å². The van der Waals surface area contributed by atoms with Crippen molar-refractivity contribution in [2.45, 2.75) is 19.5 Å². The average Bonchev–Trinajstić information content (AvgIpc) is 2.71. The van der Waals surface area contributed by atoms with Gasteiger partial charge in [0.1, 0.15) is 0 Å². The number of nitrogens with zero attached hydrogens (tertiary/aromatic N) is 2. The third-order valence-corrected chi connectivity index (χ3v) is 3.99. The quantitative estimate of drug-likeness (QED) is 0.643. The van der Waals surface area contributed by atoms with Gasteiger partial charge in [-0.05, 0) is 17.7 Å². The van der Waals surface area contributed by atoms with Crippen LogP contribution in [0.3, 0.4) is 0 Å². The van der Waals surface area contributed by atoms with Crippen molar-refractivity contribution in [1.29, 1.82) is 0 Å². The molecular formula is C20H19N3O4. The van der Waals surface area contributed by atoms with Crippen molar-refractivity contribution in [3.63, 3.8) is 0 Å². The molecule has 27 heavy (non-hydrogen) atoms. The van der Waals surface area contributed by atoms with Crippen LogP contribution in [-0.4, -0.2) is 28.0 Å². The van der Waals surface area contributed by atoms with Crippen LogP contribution in [0.4, 0.5) is 0 Å². The van der Waals surface area contributed by atoms with Gasteiger partial charge < -0.3 is 10.1 Å². The van der Waals surface area contributed by atoms with Crippen molar-refractivity contribution in [2.75, 3.05) is 6.61 Å². The molecule has 138 valence electrons. The first kappa shape index (κ1) is 18.3. The maximum atomic E-state index is 12.3. The number of aromatic nitrogens is 2. The number of carbonyl (C=O) groups is 2. The highest BCUT2D eigenvalue weighted by Crippen LogP contribution is 2.05. The van der Waals surface area contributed by atoms with Crippen LogP contribution in [0.2, 0.25) is 0 Å². The van der Waals surface area contributed by atoms with Gasteiger partial charge in [-0.3, -0.25) is 19.0 Å². The number of fused-ring (bicyclic) bond motifs is 1. The van der Waals surface area contributed by atoms with Crippen LogP contribution in [0.25, 0.3) is 10.9 Å². The summed E-state index contributed by atoms with van der Waals surface area (Å²) in [6, 6.07) is 16.4. The summed E-state index contributed by atoms with van der Waals surface area (Å²) >= 11 is 0. The van der Waals surface area contributed by atoms with Crippen LogP contribution < -0.4 is 10.9 Å². The Balaban J connectivity index is 1.45. The van der Waals surface area contributed by atoms with Gasteiger partial charge in [0.2, 0.25) is 0 Å². The molecule has 0 unspecified atom stereocenters. The van der Waals surface area contributed by atoms with E-state index in [4.69, 9.17) is 4.74 Å². The van der Waals surface area contributed by atoms with Gasteiger partial charge in [-0.2, -0.15) is 0 Å². The number of ether oxygens (including phenoxy) is 1. The van der Waals surface area contributed by atoms with E-state index in [0.29, 0.717) is 17.4 Å². The molecule has 0 aliphatic carbocycles. The van der Waals surface area contributed by atoms with Gasteiger partial charge >= 0.3 is 5.97 Å². The predicted molar refractivity (Wildman–Crippen MR) is 99.9 cm³/mol. The number of rotatable bonds is 7. The topological polar surface area (TPSA) is 90.3 Å². The zero-order valence-corrected chi connectivity index (χ0v) is 14.6. The van der Waals surface area contributed by atoms with Gasteiger partial charge in [-0.25, -0.2) is 4.98 Å². The molecule has 7 heteroatoms. The number of hydrogen-bond acceptors (Lipinski definition) is 5. The molecule has 0 fully saturated rings. The first-order valence-corrected chi connectivity index (χ1v) is 8.54. The average molecular weight is 365 g/mol. The van der Waals surface area contributed by atoms with Crippen molar-refractivity contribution in [2.24, 2.45) is 0 Å². The Labute approximate surface area is 155 Å². The van der Waals surface area contributed by atoms with E-state index in [9.17, 15) is 14.4 Å². The molecule has 0 aliphatic heterocycles.